The average molecular weight is 157 g/mol. The van der Waals surface area contributed by atoms with E-state index in [0.717, 1.165) is 11.3 Å². The van der Waals surface area contributed by atoms with Crippen LogP contribution in [-0.4, -0.2) is 12.9 Å². The first-order valence-corrected chi connectivity index (χ1v) is 3.68. The third kappa shape index (κ3) is 1.04. The molecule has 0 amide bonds. The van der Waals surface area contributed by atoms with Gasteiger partial charge in [0.05, 0.1) is 11.6 Å². The summed E-state index contributed by atoms with van der Waals surface area (Å²) < 4.78 is 0. The molecule has 0 fully saturated rings. The molecular formula is C9H7N3. The number of fused-ring (bicyclic) bond motifs is 1. The van der Waals surface area contributed by atoms with Gasteiger partial charge >= 0.3 is 0 Å². The van der Waals surface area contributed by atoms with Crippen LogP contribution in [0.15, 0.2) is 23.2 Å². The molecule has 3 heteroatoms. The first kappa shape index (κ1) is 6.86. The van der Waals surface area contributed by atoms with Gasteiger partial charge in [0.2, 0.25) is 0 Å². The van der Waals surface area contributed by atoms with Gasteiger partial charge in [-0.3, -0.25) is 4.99 Å². The molecule has 0 saturated carbocycles. The molecule has 3 nitrogen and oxygen atoms in total. The second-order valence-corrected chi connectivity index (χ2v) is 2.56. The lowest BCUT2D eigenvalue weighted by Crippen LogP contribution is -2.07. The summed E-state index contributed by atoms with van der Waals surface area (Å²) in [4.78, 5) is 4.05. The van der Waals surface area contributed by atoms with Crippen LogP contribution in [0.5, 0.6) is 0 Å². The van der Waals surface area contributed by atoms with Crippen molar-refractivity contribution in [1.29, 1.82) is 5.26 Å². The van der Waals surface area contributed by atoms with Crippen LogP contribution in [-0.2, 0) is 0 Å². The molecule has 0 bridgehead atoms. The van der Waals surface area contributed by atoms with Crippen molar-refractivity contribution in [2.24, 2.45) is 4.99 Å². The summed E-state index contributed by atoms with van der Waals surface area (Å²) in [7, 11) is 0. The van der Waals surface area contributed by atoms with E-state index in [1.54, 1.807) is 12.3 Å². The minimum absolute atomic E-state index is 0.624. The van der Waals surface area contributed by atoms with Crippen LogP contribution in [0, 0.1) is 11.3 Å². The molecule has 1 aliphatic heterocycles. The fraction of sp³-hybridized carbons (Fsp3) is 0.111. The van der Waals surface area contributed by atoms with Crippen LogP contribution >= 0.6 is 0 Å². The van der Waals surface area contributed by atoms with Gasteiger partial charge in [0.15, 0.2) is 0 Å². The molecule has 2 rings (SSSR count). The number of aliphatic imine (C=N–C) groups is 1. The molecule has 1 N–H and O–H groups in total. The summed E-state index contributed by atoms with van der Waals surface area (Å²) in [5.74, 6) is 0. The summed E-state index contributed by atoms with van der Waals surface area (Å²) in [5.41, 5.74) is 2.70. The Balaban J connectivity index is 2.53. The normalized spacial score (nSPS) is 12.9. The Bertz CT molecular complexity index is 374. The zero-order valence-electron chi connectivity index (χ0n) is 6.41. The van der Waals surface area contributed by atoms with Gasteiger partial charge < -0.3 is 5.32 Å². The van der Waals surface area contributed by atoms with Gasteiger partial charge in [-0.2, -0.15) is 5.26 Å². The molecule has 0 radical (unpaired) electrons. The second-order valence-electron chi connectivity index (χ2n) is 2.56. The summed E-state index contributed by atoms with van der Waals surface area (Å²) in [6.07, 6.45) is 1.78. The lowest BCUT2D eigenvalue weighted by atomic mass is 10.1. The van der Waals surface area contributed by atoms with Crippen molar-refractivity contribution >= 4 is 11.9 Å². The summed E-state index contributed by atoms with van der Waals surface area (Å²) in [6.45, 7) is 0.624. The van der Waals surface area contributed by atoms with Gasteiger partial charge in [-0.1, -0.05) is 0 Å². The summed E-state index contributed by atoms with van der Waals surface area (Å²) in [5, 5.41) is 11.7. The Morgan fingerprint density at radius 3 is 3.25 bits per heavy atom. The van der Waals surface area contributed by atoms with Crippen LogP contribution in [0.25, 0.3) is 0 Å². The van der Waals surface area contributed by atoms with E-state index in [9.17, 15) is 0 Å². The van der Waals surface area contributed by atoms with Gasteiger partial charge in [-0.05, 0) is 18.2 Å². The van der Waals surface area contributed by atoms with Crippen molar-refractivity contribution in [3.05, 3.63) is 29.3 Å². The maximum Gasteiger partial charge on any atom is 0.107 e. The van der Waals surface area contributed by atoms with Crippen molar-refractivity contribution in [3.8, 4) is 6.07 Å². The van der Waals surface area contributed by atoms with Crippen molar-refractivity contribution in [3.63, 3.8) is 0 Å². The largest absolute Gasteiger partial charge is 0.366 e. The Labute approximate surface area is 70.4 Å². The highest BCUT2D eigenvalue weighted by Gasteiger charge is 2.03. The predicted molar refractivity (Wildman–Crippen MR) is 47.2 cm³/mol. The molecule has 0 atom stereocenters. The van der Waals surface area contributed by atoms with Gasteiger partial charge in [0.25, 0.3) is 0 Å². The molecule has 1 aliphatic rings. The lowest BCUT2D eigenvalue weighted by Gasteiger charge is -2.11. The van der Waals surface area contributed by atoms with E-state index >= 15 is 0 Å². The smallest absolute Gasteiger partial charge is 0.107 e. The molecule has 12 heavy (non-hydrogen) atoms. The number of nitrogens with one attached hydrogen (secondary N) is 1. The number of hydrogen-bond donors (Lipinski definition) is 1. The molecule has 1 aromatic rings. The molecule has 0 aromatic heterocycles. The molecule has 0 aliphatic carbocycles. The van der Waals surface area contributed by atoms with E-state index in [4.69, 9.17) is 5.26 Å². The minimum atomic E-state index is 0.624. The first-order chi connectivity index (χ1) is 5.90. The van der Waals surface area contributed by atoms with Crippen LogP contribution in [0.3, 0.4) is 0 Å². The number of nitriles is 1. The molecule has 58 valence electrons. The van der Waals surface area contributed by atoms with Crippen molar-refractivity contribution < 1.29 is 0 Å². The zero-order valence-corrected chi connectivity index (χ0v) is 6.41. The highest BCUT2D eigenvalue weighted by atomic mass is 15.0. The Morgan fingerprint density at radius 1 is 1.50 bits per heavy atom. The molecule has 1 aromatic carbocycles. The van der Waals surface area contributed by atoms with Gasteiger partial charge in [0.1, 0.15) is 6.67 Å². The third-order valence-electron chi connectivity index (χ3n) is 1.77. The maximum atomic E-state index is 8.62. The SMILES string of the molecule is N#Cc1ccc2c(c1)C=NCN2. The van der Waals surface area contributed by atoms with Gasteiger partial charge in [-0.25, -0.2) is 0 Å². The molecule has 0 saturated heterocycles. The van der Waals surface area contributed by atoms with E-state index in [0.29, 0.717) is 12.2 Å². The number of nitrogens with zero attached hydrogens (tertiary/aromatic N) is 2. The summed E-state index contributed by atoms with van der Waals surface area (Å²) in [6, 6.07) is 7.61. The molecule has 1 heterocycles. The van der Waals surface area contributed by atoms with Crippen LogP contribution < -0.4 is 5.32 Å². The Hall–Kier alpha value is -1.82. The first-order valence-electron chi connectivity index (χ1n) is 3.68. The zero-order chi connectivity index (χ0) is 8.39. The third-order valence-corrected chi connectivity index (χ3v) is 1.77. The average Bonchev–Trinajstić information content (AvgIpc) is 2.17. The number of benzene rings is 1. The minimum Gasteiger partial charge on any atom is -0.366 e. The maximum absolute atomic E-state index is 8.62. The van der Waals surface area contributed by atoms with Crippen LogP contribution in [0.4, 0.5) is 5.69 Å². The highest BCUT2D eigenvalue weighted by molar-refractivity contribution is 5.89. The van der Waals surface area contributed by atoms with E-state index in [2.05, 4.69) is 16.4 Å². The van der Waals surface area contributed by atoms with Gasteiger partial charge in [-0.15, -0.1) is 0 Å². The van der Waals surface area contributed by atoms with E-state index in [-0.39, 0.29) is 0 Å². The summed E-state index contributed by atoms with van der Waals surface area (Å²) >= 11 is 0. The Kier molecular flexibility index (Phi) is 1.52. The standard InChI is InChI=1S/C9H7N3/c10-4-7-1-2-9-8(3-7)5-11-6-12-9/h1-3,5,12H,6H2. The number of anilines is 1. The van der Waals surface area contributed by atoms with Crippen LogP contribution in [0.2, 0.25) is 0 Å². The van der Waals surface area contributed by atoms with E-state index in [1.165, 1.54) is 0 Å². The lowest BCUT2D eigenvalue weighted by molar-refractivity contribution is 1.13. The van der Waals surface area contributed by atoms with E-state index in [1.807, 2.05) is 12.1 Å². The quantitative estimate of drug-likeness (QED) is 0.618. The monoisotopic (exact) mass is 157 g/mol. The fourth-order valence-electron chi connectivity index (χ4n) is 1.17. The van der Waals surface area contributed by atoms with Crippen molar-refractivity contribution in [1.82, 2.24) is 0 Å². The molecule has 0 unspecified atom stereocenters. The van der Waals surface area contributed by atoms with Crippen LogP contribution in [0.1, 0.15) is 11.1 Å². The van der Waals surface area contributed by atoms with Crippen molar-refractivity contribution in [2.75, 3.05) is 12.0 Å². The number of rotatable bonds is 0. The van der Waals surface area contributed by atoms with Gasteiger partial charge in [0, 0.05) is 17.5 Å². The molecule has 0 spiro atoms. The van der Waals surface area contributed by atoms with Crippen molar-refractivity contribution in [2.45, 2.75) is 0 Å². The molecular weight excluding hydrogens is 150 g/mol. The second kappa shape index (κ2) is 2.67. The highest BCUT2D eigenvalue weighted by Crippen LogP contribution is 2.17. The topological polar surface area (TPSA) is 48.2 Å². The van der Waals surface area contributed by atoms with E-state index < -0.39 is 0 Å². The fourth-order valence-corrected chi connectivity index (χ4v) is 1.17. The predicted octanol–water partition coefficient (Wildman–Crippen LogP) is 1.36. The Morgan fingerprint density at radius 2 is 2.42 bits per heavy atom. The number of hydrogen-bond acceptors (Lipinski definition) is 3.